The first kappa shape index (κ1) is 13.0. The van der Waals surface area contributed by atoms with E-state index in [1.807, 2.05) is 0 Å². The van der Waals surface area contributed by atoms with E-state index in [0.29, 0.717) is 0 Å². The second-order valence-electron chi connectivity index (χ2n) is 1.70. The fourth-order valence-corrected chi connectivity index (χ4v) is 0.922. The number of rotatable bonds is 1. The number of pyridine rings is 1. The summed E-state index contributed by atoms with van der Waals surface area (Å²) in [4.78, 5) is 13.8. The molecule has 1 N–H and O–H groups in total. The van der Waals surface area contributed by atoms with Gasteiger partial charge in [0.2, 0.25) is 0 Å². The smallest absolute Gasteiger partial charge is 0.491 e. The Labute approximate surface area is 128 Å². The van der Waals surface area contributed by atoms with Crippen molar-refractivity contribution in [3.05, 3.63) is 28.0 Å². The third-order valence-electron chi connectivity index (χ3n) is 0.985. The Morgan fingerprint density at radius 3 is 2.58 bits per heavy atom. The van der Waals surface area contributed by atoms with Crippen molar-refractivity contribution in [2.24, 2.45) is 0 Å². The molecule has 1 rings (SSSR count). The van der Waals surface area contributed by atoms with Crippen molar-refractivity contribution < 1.29 is 68.1 Å². The second-order valence-corrected chi connectivity index (χ2v) is 2.42. The second kappa shape index (κ2) is 5.68. The van der Waals surface area contributed by atoms with Crippen LogP contribution in [-0.2, 0) is 0 Å². The van der Waals surface area contributed by atoms with Gasteiger partial charge in [-0.2, -0.15) is 0 Å². The van der Waals surface area contributed by atoms with E-state index in [2.05, 4.69) is 11.1 Å². The molecule has 0 saturated heterocycles. The quantitative estimate of drug-likeness (QED) is 0.523. The largest absolute Gasteiger partial charge is 1.00 e. The maximum absolute atomic E-state index is 10.3. The van der Waals surface area contributed by atoms with E-state index in [1.54, 1.807) is 0 Å². The van der Waals surface area contributed by atoms with Gasteiger partial charge in [0, 0.05) is 5.15 Å². The van der Waals surface area contributed by atoms with Gasteiger partial charge in [-0.25, -0.2) is 12.1 Å². The van der Waals surface area contributed by atoms with Crippen molar-refractivity contribution in [1.29, 1.82) is 0 Å². The van der Waals surface area contributed by atoms with E-state index in [-0.39, 0.29) is 74.1 Å². The zero-order chi connectivity index (χ0) is 8.43. The molecule has 0 aliphatic heterocycles. The zero-order valence-corrected chi connectivity index (χ0v) is 12.6. The summed E-state index contributed by atoms with van der Waals surface area (Å²) in [5, 5.41) is 8.40. The minimum absolute atomic E-state index is 0. The number of halogens is 2. The maximum Gasteiger partial charge on any atom is 1.00 e. The van der Waals surface area contributed by atoms with Gasteiger partial charge in [0.15, 0.2) is 0 Å². The minimum atomic E-state index is -1.14. The summed E-state index contributed by atoms with van der Waals surface area (Å²) in [6, 6.07) is 3.59. The number of nitrogens with zero attached hydrogens (tertiary/aromatic N) is 1. The molecule has 1 heterocycles. The van der Waals surface area contributed by atoms with E-state index >= 15 is 0 Å². The average molecular weight is 276 g/mol. The van der Waals surface area contributed by atoms with E-state index in [1.165, 1.54) is 6.07 Å². The Hall–Kier alpha value is 1.01. The van der Waals surface area contributed by atoms with Gasteiger partial charge in [-0.1, -0.05) is 28.8 Å². The molecule has 6 heteroatoms. The van der Waals surface area contributed by atoms with Crippen LogP contribution in [0.1, 0.15) is 10.4 Å². The molecule has 1 aromatic rings. The Morgan fingerprint density at radius 2 is 2.17 bits per heavy atom. The van der Waals surface area contributed by atoms with Gasteiger partial charge < -0.3 is 5.11 Å². The maximum atomic E-state index is 10.3. The Balaban J connectivity index is 0.00000121. The molecule has 0 unspecified atom stereocenters. The molecule has 58 valence electrons. The summed E-state index contributed by atoms with van der Waals surface area (Å²) in [5.41, 5.74) is -0.101. The number of carbonyl (C=O) groups is 1. The molecule has 0 aliphatic carbocycles. The van der Waals surface area contributed by atoms with Gasteiger partial charge in [0.05, 0.1) is 5.15 Å². The molecule has 3 nitrogen and oxygen atoms in total. The molecule has 0 bridgehead atoms. The zero-order valence-electron chi connectivity index (χ0n) is 6.14. The fraction of sp³-hybridized carbons (Fsp3) is 0. The predicted molar refractivity (Wildman–Crippen MR) is 40.1 cm³/mol. The molecule has 12 heavy (non-hydrogen) atoms. The summed E-state index contributed by atoms with van der Waals surface area (Å²) < 4.78 is 0. The number of aromatic nitrogens is 1. The van der Waals surface area contributed by atoms with E-state index in [9.17, 15) is 4.79 Å². The average Bonchev–Trinajstić information content (AvgIpc) is 1.85. The molecule has 0 spiro atoms. The molecule has 0 atom stereocenters. The Kier molecular flexibility index (Phi) is 6.15. The summed E-state index contributed by atoms with van der Waals surface area (Å²) in [7, 11) is 0. The van der Waals surface area contributed by atoms with Gasteiger partial charge in [0.1, 0.15) is 0 Å². The summed E-state index contributed by atoms with van der Waals surface area (Å²) in [6.07, 6.45) is 0. The topological polar surface area (TPSA) is 50.2 Å². The van der Waals surface area contributed by atoms with Crippen LogP contribution in [0.4, 0.5) is 0 Å². The fourth-order valence-electron chi connectivity index (χ4n) is 0.520. The predicted octanol–water partition coefficient (Wildman–Crippen LogP) is -1.11. The van der Waals surface area contributed by atoms with E-state index < -0.39 is 5.97 Å². The number of hydrogen-bond acceptors (Lipinski definition) is 2. The van der Waals surface area contributed by atoms with Gasteiger partial charge in [-0.05, 0) is 0 Å². The molecular formula is C6H2Cl2NO2Rb. The molecular weight excluding hydrogens is 274 g/mol. The van der Waals surface area contributed by atoms with Crippen molar-refractivity contribution in [3.63, 3.8) is 0 Å². The van der Waals surface area contributed by atoms with Crippen LogP contribution in [0.25, 0.3) is 0 Å². The molecule has 0 aromatic carbocycles. The number of aromatic carboxylic acids is 1. The Bertz CT molecular complexity index is 306. The Morgan fingerprint density at radius 1 is 1.58 bits per heavy atom. The van der Waals surface area contributed by atoms with Crippen molar-refractivity contribution in [2.45, 2.75) is 0 Å². The first-order valence-electron chi connectivity index (χ1n) is 2.58. The van der Waals surface area contributed by atoms with E-state index in [4.69, 9.17) is 28.3 Å². The van der Waals surface area contributed by atoms with Crippen LogP contribution in [0, 0.1) is 6.07 Å². The normalized spacial score (nSPS) is 8.83. The minimum Gasteiger partial charge on any atom is -0.491 e. The van der Waals surface area contributed by atoms with Crippen molar-refractivity contribution in [3.8, 4) is 0 Å². The molecule has 1 aromatic heterocycles. The van der Waals surface area contributed by atoms with Crippen LogP contribution in [0.2, 0.25) is 10.3 Å². The SMILES string of the molecule is O=C(O)c1c[c-]c(Cl)nc1Cl.[Rb+]. The molecule has 0 saturated carbocycles. The monoisotopic (exact) mass is 275 g/mol. The van der Waals surface area contributed by atoms with E-state index in [0.717, 1.165) is 0 Å². The van der Waals surface area contributed by atoms with Crippen molar-refractivity contribution in [2.75, 3.05) is 0 Å². The first-order valence-corrected chi connectivity index (χ1v) is 3.34. The van der Waals surface area contributed by atoms with Crippen molar-refractivity contribution >= 4 is 29.2 Å². The molecule has 0 amide bonds. The summed E-state index contributed by atoms with van der Waals surface area (Å²) in [6.45, 7) is 0. The summed E-state index contributed by atoms with van der Waals surface area (Å²) in [5.74, 6) is -1.14. The van der Waals surface area contributed by atoms with Crippen LogP contribution in [0.5, 0.6) is 0 Å². The third-order valence-corrected chi connectivity index (χ3v) is 1.47. The van der Waals surface area contributed by atoms with Crippen LogP contribution in [0.15, 0.2) is 6.07 Å². The van der Waals surface area contributed by atoms with Crippen molar-refractivity contribution in [1.82, 2.24) is 4.98 Å². The first-order chi connectivity index (χ1) is 5.11. The molecule has 0 aliphatic rings. The van der Waals surface area contributed by atoms with Crippen LogP contribution >= 0.6 is 23.2 Å². The third kappa shape index (κ3) is 3.40. The molecule has 0 fully saturated rings. The standard InChI is InChI=1S/C6H2Cl2NO2.Rb/c7-4-2-1-3(6(10)11)5(8)9-4;/h1H,(H,10,11);/q-1;+1. The number of carboxylic acids is 1. The van der Waals surface area contributed by atoms with Crippen LogP contribution in [-0.4, -0.2) is 16.1 Å². The van der Waals surface area contributed by atoms with Gasteiger partial charge >= 0.3 is 58.2 Å². The van der Waals surface area contributed by atoms with Crippen LogP contribution in [0.3, 0.4) is 0 Å². The van der Waals surface area contributed by atoms with Gasteiger partial charge in [0.25, 0.3) is 5.97 Å². The number of carboxylic acid groups (broad SMARTS) is 1. The van der Waals surface area contributed by atoms with Gasteiger partial charge in [-0.3, -0.25) is 9.78 Å². The van der Waals surface area contributed by atoms with Crippen LogP contribution < -0.4 is 58.2 Å². The summed E-state index contributed by atoms with van der Waals surface area (Å²) >= 11 is 10.8. The number of hydrogen-bond donors (Lipinski definition) is 1. The van der Waals surface area contributed by atoms with Gasteiger partial charge in [-0.15, -0.1) is 0 Å². The molecule has 0 radical (unpaired) electrons.